The molecule has 0 saturated heterocycles. The summed E-state index contributed by atoms with van der Waals surface area (Å²) in [5.74, 6) is 1.29. The van der Waals surface area contributed by atoms with Crippen LogP contribution in [0.2, 0.25) is 0 Å². The molecule has 1 aliphatic rings. The summed E-state index contributed by atoms with van der Waals surface area (Å²) in [6.45, 7) is 2.09. The number of hydrogen-bond donors (Lipinski definition) is 0. The molecule has 1 aliphatic heterocycles. The molecule has 0 atom stereocenters. The highest BCUT2D eigenvalue weighted by molar-refractivity contribution is 7.89. The van der Waals surface area contributed by atoms with Crippen LogP contribution in [0.1, 0.15) is 11.1 Å². The quantitative estimate of drug-likeness (QED) is 0.637. The van der Waals surface area contributed by atoms with Crippen molar-refractivity contribution in [2.45, 2.75) is 11.8 Å². The fraction of sp³-hybridized carbons (Fsp3) is 0.188. The molecule has 120 valence electrons. The molecule has 0 aliphatic carbocycles. The monoisotopic (exact) mass is 332 g/mol. The van der Waals surface area contributed by atoms with E-state index in [-0.39, 0.29) is 11.7 Å². The van der Waals surface area contributed by atoms with Gasteiger partial charge in [-0.3, -0.25) is 0 Å². The Kier molecular flexibility index (Phi) is 3.96. The normalized spacial score (nSPS) is 13.5. The molecule has 7 heteroatoms. The Morgan fingerprint density at radius 3 is 2.52 bits per heavy atom. The first kappa shape index (κ1) is 15.4. The van der Waals surface area contributed by atoms with Crippen LogP contribution in [0.25, 0.3) is 0 Å². The van der Waals surface area contributed by atoms with Gasteiger partial charge in [-0.2, -0.15) is 17.9 Å². The van der Waals surface area contributed by atoms with Crippen LogP contribution in [0.3, 0.4) is 0 Å². The van der Waals surface area contributed by atoms with Gasteiger partial charge >= 0.3 is 0 Å². The molecule has 6 nitrogen and oxygen atoms in total. The molecule has 0 fully saturated rings. The summed E-state index contributed by atoms with van der Waals surface area (Å²) in [7, 11) is -2.26. The van der Waals surface area contributed by atoms with Crippen LogP contribution < -0.4 is 9.47 Å². The number of ether oxygens (including phenoxy) is 2. The lowest BCUT2D eigenvalue weighted by Crippen LogP contribution is -2.21. The van der Waals surface area contributed by atoms with Crippen molar-refractivity contribution in [2.75, 3.05) is 13.8 Å². The highest BCUT2D eigenvalue weighted by Gasteiger charge is 2.19. The Bertz CT molecular complexity index is 845. The van der Waals surface area contributed by atoms with E-state index in [0.29, 0.717) is 11.5 Å². The van der Waals surface area contributed by atoms with Gasteiger partial charge in [0.05, 0.1) is 11.1 Å². The Labute approximate surface area is 135 Å². The molecule has 0 bridgehead atoms. The zero-order chi connectivity index (χ0) is 16.4. The maximum absolute atomic E-state index is 12.4. The van der Waals surface area contributed by atoms with Crippen molar-refractivity contribution in [3.8, 4) is 11.5 Å². The van der Waals surface area contributed by atoms with E-state index >= 15 is 0 Å². The van der Waals surface area contributed by atoms with Crippen LogP contribution in [-0.2, 0) is 10.0 Å². The second-order valence-corrected chi connectivity index (χ2v) is 7.06. The van der Waals surface area contributed by atoms with Crippen LogP contribution in [0.5, 0.6) is 11.5 Å². The van der Waals surface area contributed by atoms with Crippen molar-refractivity contribution in [3.05, 3.63) is 53.6 Å². The van der Waals surface area contributed by atoms with E-state index < -0.39 is 10.0 Å². The average Bonchev–Trinajstić information content (AvgIpc) is 3.00. The molecule has 23 heavy (non-hydrogen) atoms. The second-order valence-electron chi connectivity index (χ2n) is 5.11. The average molecular weight is 332 g/mol. The maximum atomic E-state index is 12.4. The van der Waals surface area contributed by atoms with Gasteiger partial charge in [-0.05, 0) is 42.8 Å². The third kappa shape index (κ3) is 3.14. The van der Waals surface area contributed by atoms with Crippen molar-refractivity contribution in [1.82, 2.24) is 4.41 Å². The number of sulfonamides is 1. The second kappa shape index (κ2) is 5.92. The number of hydrazone groups is 1. The number of benzene rings is 2. The lowest BCUT2D eigenvalue weighted by molar-refractivity contribution is 0.174. The molecule has 3 rings (SSSR count). The van der Waals surface area contributed by atoms with Gasteiger partial charge in [0.1, 0.15) is 0 Å². The molecule has 2 aromatic carbocycles. The molecule has 2 aromatic rings. The summed E-state index contributed by atoms with van der Waals surface area (Å²) >= 11 is 0. The van der Waals surface area contributed by atoms with Gasteiger partial charge in [-0.15, -0.1) is 0 Å². The summed E-state index contributed by atoms with van der Waals surface area (Å²) in [5.41, 5.74) is 1.72. The van der Waals surface area contributed by atoms with E-state index in [1.807, 2.05) is 6.92 Å². The molecule has 0 N–H and O–H groups in total. The lowest BCUT2D eigenvalue weighted by atomic mass is 10.2. The number of hydrogen-bond acceptors (Lipinski definition) is 5. The van der Waals surface area contributed by atoms with Gasteiger partial charge < -0.3 is 9.47 Å². The predicted molar refractivity (Wildman–Crippen MR) is 86.3 cm³/mol. The van der Waals surface area contributed by atoms with E-state index in [4.69, 9.17) is 9.47 Å². The highest BCUT2D eigenvalue weighted by atomic mass is 32.2. The Morgan fingerprint density at radius 2 is 1.78 bits per heavy atom. The van der Waals surface area contributed by atoms with Crippen LogP contribution >= 0.6 is 0 Å². The molecular weight excluding hydrogens is 316 g/mol. The summed E-state index contributed by atoms with van der Waals surface area (Å²) in [4.78, 5) is 0.202. The molecule has 0 amide bonds. The van der Waals surface area contributed by atoms with Gasteiger partial charge in [0.2, 0.25) is 6.79 Å². The summed E-state index contributed by atoms with van der Waals surface area (Å²) in [6, 6.07) is 11.9. The van der Waals surface area contributed by atoms with Crippen LogP contribution in [0.4, 0.5) is 0 Å². The first-order valence-corrected chi connectivity index (χ1v) is 8.40. The molecule has 0 radical (unpaired) electrons. The largest absolute Gasteiger partial charge is 0.454 e. The fourth-order valence-electron chi connectivity index (χ4n) is 2.07. The van der Waals surface area contributed by atoms with E-state index in [1.54, 1.807) is 42.5 Å². The topological polar surface area (TPSA) is 68.2 Å². The van der Waals surface area contributed by atoms with E-state index in [9.17, 15) is 8.42 Å². The summed E-state index contributed by atoms with van der Waals surface area (Å²) in [5, 5.41) is 4.01. The minimum absolute atomic E-state index is 0.192. The van der Waals surface area contributed by atoms with Crippen LogP contribution in [0, 0.1) is 6.92 Å². The minimum Gasteiger partial charge on any atom is -0.454 e. The van der Waals surface area contributed by atoms with E-state index in [1.165, 1.54) is 13.3 Å². The lowest BCUT2D eigenvalue weighted by Gasteiger charge is -2.13. The van der Waals surface area contributed by atoms with Gasteiger partial charge in [0, 0.05) is 7.05 Å². The van der Waals surface area contributed by atoms with Crippen LogP contribution in [-0.4, -0.2) is 32.9 Å². The molecule has 1 heterocycles. The minimum atomic E-state index is -3.66. The van der Waals surface area contributed by atoms with Crippen molar-refractivity contribution in [1.29, 1.82) is 0 Å². The smallest absolute Gasteiger partial charge is 0.278 e. The third-order valence-corrected chi connectivity index (χ3v) is 5.09. The molecule has 0 unspecified atom stereocenters. The fourth-order valence-corrected chi connectivity index (χ4v) is 3.02. The standard InChI is InChI=1S/C16H16N2O4S/c1-12-3-6-14(7-4-12)23(19,20)18(2)17-10-13-5-8-15-16(9-13)22-11-21-15/h3-10H,11H2,1-2H3/b17-10+. The van der Waals surface area contributed by atoms with Crippen molar-refractivity contribution < 1.29 is 17.9 Å². The first-order valence-electron chi connectivity index (χ1n) is 6.96. The molecular formula is C16H16N2O4S. The summed E-state index contributed by atoms with van der Waals surface area (Å²) < 4.78 is 36.3. The predicted octanol–water partition coefficient (Wildman–Crippen LogP) is 2.38. The van der Waals surface area contributed by atoms with Gasteiger partial charge in [-0.25, -0.2) is 0 Å². The first-order chi connectivity index (χ1) is 11.0. The van der Waals surface area contributed by atoms with Crippen molar-refractivity contribution >= 4 is 16.2 Å². The highest BCUT2D eigenvalue weighted by Crippen LogP contribution is 2.32. The zero-order valence-electron chi connectivity index (χ0n) is 12.8. The Morgan fingerprint density at radius 1 is 1.09 bits per heavy atom. The molecule has 0 aromatic heterocycles. The Hall–Kier alpha value is -2.54. The van der Waals surface area contributed by atoms with Crippen molar-refractivity contribution in [2.24, 2.45) is 5.10 Å². The Balaban J connectivity index is 1.80. The van der Waals surface area contributed by atoms with E-state index in [0.717, 1.165) is 15.5 Å². The van der Waals surface area contributed by atoms with Crippen LogP contribution in [0.15, 0.2) is 52.5 Å². The number of rotatable bonds is 4. The SMILES string of the molecule is Cc1ccc(S(=O)(=O)N(C)/N=C/c2ccc3c(c2)OCO3)cc1. The van der Waals surface area contributed by atoms with Crippen molar-refractivity contribution in [3.63, 3.8) is 0 Å². The van der Waals surface area contributed by atoms with Gasteiger partial charge in [0.15, 0.2) is 11.5 Å². The van der Waals surface area contributed by atoms with Gasteiger partial charge in [-0.1, -0.05) is 17.7 Å². The summed E-state index contributed by atoms with van der Waals surface area (Å²) in [6.07, 6.45) is 1.47. The molecule has 0 spiro atoms. The maximum Gasteiger partial charge on any atom is 0.278 e. The van der Waals surface area contributed by atoms with Gasteiger partial charge in [0.25, 0.3) is 10.0 Å². The molecule has 0 saturated carbocycles. The zero-order valence-corrected chi connectivity index (χ0v) is 13.6. The third-order valence-electron chi connectivity index (χ3n) is 3.43. The number of nitrogens with zero attached hydrogens (tertiary/aromatic N) is 2. The number of aryl methyl sites for hydroxylation is 1. The number of fused-ring (bicyclic) bond motifs is 1. The van der Waals surface area contributed by atoms with E-state index in [2.05, 4.69) is 5.10 Å².